The van der Waals surface area contributed by atoms with E-state index in [1.165, 1.54) is 4.88 Å². The van der Waals surface area contributed by atoms with Crippen molar-refractivity contribution in [3.05, 3.63) is 50.9 Å². The lowest BCUT2D eigenvalue weighted by Gasteiger charge is -2.12. The quantitative estimate of drug-likeness (QED) is 0.910. The Labute approximate surface area is 104 Å². The normalized spacial score (nSPS) is 12.7. The summed E-state index contributed by atoms with van der Waals surface area (Å²) in [6, 6.07) is 5.93. The summed E-state index contributed by atoms with van der Waals surface area (Å²) in [5, 5.41) is 0.747. The van der Waals surface area contributed by atoms with Crippen LogP contribution in [0.5, 0.6) is 0 Å². The minimum atomic E-state index is -0.0615. The molecule has 1 unspecified atom stereocenters. The molecule has 16 heavy (non-hydrogen) atoms. The molecule has 2 rings (SSSR count). The minimum Gasteiger partial charge on any atom is -0.324 e. The van der Waals surface area contributed by atoms with Crippen molar-refractivity contribution >= 4 is 22.9 Å². The molecule has 1 aromatic heterocycles. The van der Waals surface area contributed by atoms with Gasteiger partial charge in [0.15, 0.2) is 0 Å². The molecule has 0 spiro atoms. The van der Waals surface area contributed by atoms with Crippen molar-refractivity contribution in [3.63, 3.8) is 0 Å². The second-order valence-corrected chi connectivity index (χ2v) is 5.18. The predicted molar refractivity (Wildman–Crippen MR) is 68.9 cm³/mol. The van der Waals surface area contributed by atoms with Crippen LogP contribution in [-0.2, 0) is 6.42 Å². The fourth-order valence-corrected chi connectivity index (χ4v) is 2.63. The standard InChI is InChI=1S/C12H13ClN2S/c1-8-2-3-10(11(13)4-8)12(14)5-9-6-15-7-16-9/h2-4,6-7,12H,5,14H2,1H3. The van der Waals surface area contributed by atoms with Crippen molar-refractivity contribution in [2.45, 2.75) is 19.4 Å². The number of aryl methyl sites for hydroxylation is 1. The third kappa shape index (κ3) is 2.61. The molecule has 2 N–H and O–H groups in total. The van der Waals surface area contributed by atoms with Gasteiger partial charge in [-0.05, 0) is 24.1 Å². The first-order valence-corrected chi connectivity index (χ1v) is 6.31. The maximum atomic E-state index is 6.17. The third-order valence-electron chi connectivity index (χ3n) is 2.46. The highest BCUT2D eigenvalue weighted by Gasteiger charge is 2.11. The van der Waals surface area contributed by atoms with Crippen LogP contribution in [0.3, 0.4) is 0 Å². The Balaban J connectivity index is 2.17. The molecule has 2 aromatic rings. The lowest BCUT2D eigenvalue weighted by Crippen LogP contribution is -2.13. The highest BCUT2D eigenvalue weighted by Crippen LogP contribution is 2.25. The molecule has 4 heteroatoms. The van der Waals surface area contributed by atoms with Gasteiger partial charge in [-0.15, -0.1) is 11.3 Å². The van der Waals surface area contributed by atoms with Gasteiger partial charge in [-0.2, -0.15) is 0 Å². The monoisotopic (exact) mass is 252 g/mol. The van der Waals surface area contributed by atoms with E-state index in [-0.39, 0.29) is 6.04 Å². The molecule has 0 saturated heterocycles. The molecule has 84 valence electrons. The number of benzene rings is 1. The van der Waals surface area contributed by atoms with Crippen LogP contribution in [0.2, 0.25) is 5.02 Å². The molecule has 2 nitrogen and oxygen atoms in total. The first-order chi connectivity index (χ1) is 7.66. The number of nitrogens with two attached hydrogens (primary N) is 1. The van der Waals surface area contributed by atoms with E-state index in [2.05, 4.69) is 4.98 Å². The highest BCUT2D eigenvalue weighted by atomic mass is 35.5. The summed E-state index contributed by atoms with van der Waals surface area (Å²) in [6.45, 7) is 2.02. The molecule has 1 heterocycles. The van der Waals surface area contributed by atoms with E-state index >= 15 is 0 Å². The first kappa shape index (κ1) is 11.6. The molecule has 1 atom stereocenters. The summed E-state index contributed by atoms with van der Waals surface area (Å²) in [7, 11) is 0. The molecule has 0 saturated carbocycles. The lowest BCUT2D eigenvalue weighted by molar-refractivity contribution is 0.729. The number of hydrogen-bond donors (Lipinski definition) is 1. The average Bonchev–Trinajstić information content (AvgIpc) is 2.70. The predicted octanol–water partition coefficient (Wildman–Crippen LogP) is 3.35. The van der Waals surface area contributed by atoms with Gasteiger partial charge in [-0.3, -0.25) is 4.98 Å². The number of nitrogens with zero attached hydrogens (tertiary/aromatic N) is 1. The summed E-state index contributed by atoms with van der Waals surface area (Å²) >= 11 is 7.79. The zero-order valence-corrected chi connectivity index (χ0v) is 10.6. The van der Waals surface area contributed by atoms with Crippen LogP contribution in [0.4, 0.5) is 0 Å². The van der Waals surface area contributed by atoms with E-state index in [1.807, 2.05) is 36.8 Å². The van der Waals surface area contributed by atoms with E-state index in [0.717, 1.165) is 22.6 Å². The van der Waals surface area contributed by atoms with Crippen molar-refractivity contribution in [2.75, 3.05) is 0 Å². The maximum Gasteiger partial charge on any atom is 0.0794 e. The Hall–Kier alpha value is -0.900. The zero-order chi connectivity index (χ0) is 11.5. The molecular weight excluding hydrogens is 240 g/mol. The van der Waals surface area contributed by atoms with Crippen LogP contribution in [-0.4, -0.2) is 4.98 Å². The summed E-state index contributed by atoms with van der Waals surface area (Å²) in [5.74, 6) is 0. The van der Waals surface area contributed by atoms with Crippen LogP contribution >= 0.6 is 22.9 Å². The molecule has 0 bridgehead atoms. The molecule has 0 fully saturated rings. The summed E-state index contributed by atoms with van der Waals surface area (Å²) in [6.07, 6.45) is 2.64. The Morgan fingerprint density at radius 3 is 2.94 bits per heavy atom. The van der Waals surface area contributed by atoms with E-state index < -0.39 is 0 Å². The molecule has 0 aliphatic heterocycles. The number of rotatable bonds is 3. The second-order valence-electron chi connectivity index (χ2n) is 3.80. The Morgan fingerprint density at radius 1 is 1.50 bits per heavy atom. The van der Waals surface area contributed by atoms with Crippen molar-refractivity contribution in [1.29, 1.82) is 0 Å². The van der Waals surface area contributed by atoms with Crippen LogP contribution in [0.25, 0.3) is 0 Å². The fraction of sp³-hybridized carbons (Fsp3) is 0.250. The highest BCUT2D eigenvalue weighted by molar-refractivity contribution is 7.09. The van der Waals surface area contributed by atoms with Gasteiger partial charge in [0.05, 0.1) is 5.51 Å². The second kappa shape index (κ2) is 4.95. The molecule has 0 aliphatic carbocycles. The van der Waals surface area contributed by atoms with E-state index in [9.17, 15) is 0 Å². The van der Waals surface area contributed by atoms with Crippen molar-refractivity contribution in [3.8, 4) is 0 Å². The molecule has 0 aliphatic rings. The van der Waals surface area contributed by atoms with E-state index in [0.29, 0.717) is 0 Å². The smallest absolute Gasteiger partial charge is 0.0794 e. The molecule has 0 radical (unpaired) electrons. The topological polar surface area (TPSA) is 38.9 Å². The molecular formula is C12H13ClN2S. The molecule has 1 aromatic carbocycles. The van der Waals surface area contributed by atoms with Gasteiger partial charge in [-0.1, -0.05) is 23.7 Å². The number of thiazole rings is 1. The van der Waals surface area contributed by atoms with Gasteiger partial charge in [0.25, 0.3) is 0 Å². The van der Waals surface area contributed by atoms with E-state index in [4.69, 9.17) is 17.3 Å². The van der Waals surface area contributed by atoms with Crippen LogP contribution in [0, 0.1) is 6.92 Å². The van der Waals surface area contributed by atoms with Crippen molar-refractivity contribution in [2.24, 2.45) is 5.73 Å². The average molecular weight is 253 g/mol. The van der Waals surface area contributed by atoms with Crippen molar-refractivity contribution in [1.82, 2.24) is 4.98 Å². The van der Waals surface area contributed by atoms with Crippen LogP contribution in [0.15, 0.2) is 29.9 Å². The summed E-state index contributed by atoms with van der Waals surface area (Å²) in [4.78, 5) is 5.22. The summed E-state index contributed by atoms with van der Waals surface area (Å²) < 4.78 is 0. The van der Waals surface area contributed by atoms with E-state index in [1.54, 1.807) is 11.3 Å². The zero-order valence-electron chi connectivity index (χ0n) is 8.98. The largest absolute Gasteiger partial charge is 0.324 e. The van der Waals surface area contributed by atoms with Gasteiger partial charge in [0.1, 0.15) is 0 Å². The van der Waals surface area contributed by atoms with Gasteiger partial charge >= 0.3 is 0 Å². The number of hydrogen-bond acceptors (Lipinski definition) is 3. The Bertz CT molecular complexity index is 468. The van der Waals surface area contributed by atoms with Gasteiger partial charge < -0.3 is 5.73 Å². The Morgan fingerprint density at radius 2 is 2.31 bits per heavy atom. The van der Waals surface area contributed by atoms with Crippen LogP contribution < -0.4 is 5.73 Å². The van der Waals surface area contributed by atoms with Crippen molar-refractivity contribution < 1.29 is 0 Å². The van der Waals surface area contributed by atoms with Gasteiger partial charge in [-0.25, -0.2) is 0 Å². The van der Waals surface area contributed by atoms with Gasteiger partial charge in [0, 0.05) is 28.6 Å². The molecule has 0 amide bonds. The Kier molecular flexibility index (Phi) is 3.59. The van der Waals surface area contributed by atoms with Gasteiger partial charge in [0.2, 0.25) is 0 Å². The van der Waals surface area contributed by atoms with Crippen LogP contribution in [0.1, 0.15) is 22.0 Å². The third-order valence-corrected chi connectivity index (χ3v) is 3.59. The number of halogens is 1. The fourth-order valence-electron chi connectivity index (χ4n) is 1.60. The lowest BCUT2D eigenvalue weighted by atomic mass is 10.0. The summed E-state index contributed by atoms with van der Waals surface area (Å²) in [5.41, 5.74) is 10.1. The number of aromatic nitrogens is 1. The SMILES string of the molecule is Cc1ccc(C(N)Cc2cncs2)c(Cl)c1. The first-order valence-electron chi connectivity index (χ1n) is 5.06. The maximum absolute atomic E-state index is 6.17. The minimum absolute atomic E-state index is 0.0615.